The molecule has 9 heteroatoms. The van der Waals surface area contributed by atoms with Crippen LogP contribution in [0.3, 0.4) is 0 Å². The first kappa shape index (κ1) is 23.3. The van der Waals surface area contributed by atoms with Crippen molar-refractivity contribution in [3.63, 3.8) is 0 Å². The number of hydrogen-bond acceptors (Lipinski definition) is 4. The van der Waals surface area contributed by atoms with E-state index in [1.54, 1.807) is 38.1 Å². The Hall–Kier alpha value is -3.36. The molecule has 1 heterocycles. The van der Waals surface area contributed by atoms with E-state index in [1.807, 2.05) is 13.8 Å². The first-order valence-corrected chi connectivity index (χ1v) is 10.2. The smallest absolute Gasteiger partial charge is 0.416 e. The van der Waals surface area contributed by atoms with Gasteiger partial charge in [-0.1, -0.05) is 45.9 Å². The van der Waals surface area contributed by atoms with Gasteiger partial charge in [0, 0.05) is 17.2 Å². The van der Waals surface area contributed by atoms with Crippen molar-refractivity contribution < 1.29 is 22.7 Å². The summed E-state index contributed by atoms with van der Waals surface area (Å²) in [5.74, 6) is 0.0530. The number of alkyl halides is 3. The fraction of sp³-hybridized carbons (Fsp3) is 0.348. The predicted molar refractivity (Wildman–Crippen MR) is 116 cm³/mol. The maximum absolute atomic E-state index is 13.3. The van der Waals surface area contributed by atoms with E-state index in [1.165, 1.54) is 16.8 Å². The zero-order valence-corrected chi connectivity index (χ0v) is 18.3. The summed E-state index contributed by atoms with van der Waals surface area (Å²) in [5.41, 5.74) is 0.512. The highest BCUT2D eigenvalue weighted by molar-refractivity contribution is 5.92. The molecule has 0 bridgehead atoms. The highest BCUT2D eigenvalue weighted by Gasteiger charge is 2.31. The van der Waals surface area contributed by atoms with Crippen molar-refractivity contribution in [2.75, 3.05) is 11.9 Å². The molecule has 0 radical (unpaired) electrons. The molecule has 0 aliphatic carbocycles. The Kier molecular flexibility index (Phi) is 6.86. The molecule has 3 aromatic rings. The summed E-state index contributed by atoms with van der Waals surface area (Å²) in [6.07, 6.45) is -4.49. The number of benzene rings is 2. The van der Waals surface area contributed by atoms with E-state index in [4.69, 9.17) is 4.74 Å². The van der Waals surface area contributed by atoms with Crippen LogP contribution in [0.5, 0.6) is 6.01 Å². The molecular weight excluding hydrogens is 421 g/mol. The second-order valence-corrected chi connectivity index (χ2v) is 8.11. The molecule has 32 heavy (non-hydrogen) atoms. The summed E-state index contributed by atoms with van der Waals surface area (Å²) in [6, 6.07) is 11.8. The molecule has 0 aliphatic rings. The molecule has 0 spiro atoms. The van der Waals surface area contributed by atoms with Crippen LogP contribution >= 0.6 is 0 Å². The molecule has 0 atom stereocenters. The van der Waals surface area contributed by atoms with Crippen molar-refractivity contribution in [1.82, 2.24) is 14.8 Å². The van der Waals surface area contributed by atoms with Gasteiger partial charge in [-0.2, -0.15) is 18.2 Å². The van der Waals surface area contributed by atoms with Crippen molar-refractivity contribution in [2.24, 2.45) is 11.8 Å². The zero-order chi connectivity index (χ0) is 23.5. The normalized spacial score (nSPS) is 11.8. The molecule has 1 N–H and O–H groups in total. The quantitative estimate of drug-likeness (QED) is 0.514. The Morgan fingerprint density at radius 1 is 1.09 bits per heavy atom. The number of halogens is 3. The lowest BCUT2D eigenvalue weighted by Crippen LogP contribution is -2.17. The predicted octanol–water partition coefficient (Wildman–Crippen LogP) is 5.58. The third-order valence-electron chi connectivity index (χ3n) is 4.46. The average molecular weight is 446 g/mol. The number of nitrogens with zero attached hydrogens (tertiary/aromatic N) is 3. The lowest BCUT2D eigenvalue weighted by Gasteiger charge is -2.11. The molecule has 3 rings (SSSR count). The summed E-state index contributed by atoms with van der Waals surface area (Å²) < 4.78 is 46.8. The summed E-state index contributed by atoms with van der Waals surface area (Å²) >= 11 is 0. The van der Waals surface area contributed by atoms with Crippen LogP contribution in [-0.2, 0) is 11.0 Å². The molecule has 0 saturated heterocycles. The fourth-order valence-corrected chi connectivity index (χ4v) is 2.80. The Balaban J connectivity index is 2.06. The number of ether oxygens (including phenoxy) is 1. The molecule has 6 nitrogen and oxygen atoms in total. The highest BCUT2D eigenvalue weighted by Crippen LogP contribution is 2.33. The molecule has 0 fully saturated rings. The number of amides is 1. The van der Waals surface area contributed by atoms with Gasteiger partial charge in [0.05, 0.1) is 17.9 Å². The SMILES string of the molecule is CC(C)COc1nc(-c2cccc(C(F)(F)F)c2)n(-c2cccc(NC(=O)C(C)C)c2)n1. The molecule has 1 amide bonds. The van der Waals surface area contributed by atoms with Crippen molar-refractivity contribution in [2.45, 2.75) is 33.9 Å². The number of carbonyl (C=O) groups excluding carboxylic acids is 1. The monoisotopic (exact) mass is 446 g/mol. The number of aromatic nitrogens is 3. The van der Waals surface area contributed by atoms with Gasteiger partial charge in [-0.15, -0.1) is 5.10 Å². The highest BCUT2D eigenvalue weighted by atomic mass is 19.4. The largest absolute Gasteiger partial charge is 0.462 e. The minimum Gasteiger partial charge on any atom is -0.462 e. The number of anilines is 1. The van der Waals surface area contributed by atoms with Gasteiger partial charge in [0.1, 0.15) is 0 Å². The van der Waals surface area contributed by atoms with E-state index in [2.05, 4.69) is 15.4 Å². The minimum absolute atomic E-state index is 0.0581. The van der Waals surface area contributed by atoms with Crippen LogP contribution in [0.15, 0.2) is 48.5 Å². The van der Waals surface area contributed by atoms with Crippen molar-refractivity contribution in [3.05, 3.63) is 54.1 Å². The topological polar surface area (TPSA) is 69.0 Å². The van der Waals surface area contributed by atoms with Gasteiger partial charge < -0.3 is 10.1 Å². The summed E-state index contributed by atoms with van der Waals surface area (Å²) in [6.45, 7) is 7.84. The lowest BCUT2D eigenvalue weighted by molar-refractivity contribution is -0.137. The van der Waals surface area contributed by atoms with Gasteiger partial charge in [-0.05, 0) is 36.2 Å². The standard InChI is InChI=1S/C23H25F3N4O2/c1-14(2)13-32-22-28-20(16-7-5-8-17(11-16)23(24,25)26)30(29-22)19-10-6-9-18(12-19)27-21(31)15(3)4/h5-12,14-15H,13H2,1-4H3,(H,27,31). The van der Waals surface area contributed by atoms with E-state index in [0.717, 1.165) is 12.1 Å². The van der Waals surface area contributed by atoms with Gasteiger partial charge in [0.25, 0.3) is 0 Å². The Bertz CT molecular complexity index is 1090. The Morgan fingerprint density at radius 3 is 2.47 bits per heavy atom. The molecule has 0 unspecified atom stereocenters. The summed E-state index contributed by atoms with van der Waals surface area (Å²) in [7, 11) is 0. The second-order valence-electron chi connectivity index (χ2n) is 8.11. The van der Waals surface area contributed by atoms with E-state index in [-0.39, 0.29) is 35.1 Å². The fourth-order valence-electron chi connectivity index (χ4n) is 2.80. The van der Waals surface area contributed by atoms with Crippen LogP contribution in [0.4, 0.5) is 18.9 Å². The van der Waals surface area contributed by atoms with E-state index in [0.29, 0.717) is 18.0 Å². The van der Waals surface area contributed by atoms with Crippen LogP contribution < -0.4 is 10.1 Å². The summed E-state index contributed by atoms with van der Waals surface area (Å²) in [4.78, 5) is 16.4. The number of carbonyl (C=O) groups is 1. The van der Waals surface area contributed by atoms with E-state index < -0.39 is 11.7 Å². The molecule has 1 aromatic heterocycles. The van der Waals surface area contributed by atoms with Crippen LogP contribution in [0.2, 0.25) is 0 Å². The molecular formula is C23H25F3N4O2. The first-order chi connectivity index (χ1) is 15.0. The van der Waals surface area contributed by atoms with Crippen molar-refractivity contribution in [3.8, 4) is 23.1 Å². The minimum atomic E-state index is -4.49. The van der Waals surface area contributed by atoms with Crippen LogP contribution in [0, 0.1) is 11.8 Å². The van der Waals surface area contributed by atoms with Crippen LogP contribution in [0.25, 0.3) is 17.1 Å². The number of rotatable bonds is 7. The molecule has 0 aliphatic heterocycles. The molecule has 170 valence electrons. The van der Waals surface area contributed by atoms with E-state index >= 15 is 0 Å². The van der Waals surface area contributed by atoms with Crippen LogP contribution in [-0.4, -0.2) is 27.3 Å². The van der Waals surface area contributed by atoms with Crippen molar-refractivity contribution >= 4 is 11.6 Å². The lowest BCUT2D eigenvalue weighted by atomic mass is 10.1. The van der Waals surface area contributed by atoms with Crippen LogP contribution in [0.1, 0.15) is 33.3 Å². The average Bonchev–Trinajstić information content (AvgIpc) is 3.16. The maximum atomic E-state index is 13.3. The molecule has 2 aromatic carbocycles. The Labute approximate surface area is 184 Å². The van der Waals surface area contributed by atoms with Gasteiger partial charge in [0.2, 0.25) is 5.91 Å². The van der Waals surface area contributed by atoms with Crippen molar-refractivity contribution in [1.29, 1.82) is 0 Å². The second kappa shape index (κ2) is 9.42. The van der Waals surface area contributed by atoms with E-state index in [9.17, 15) is 18.0 Å². The van der Waals surface area contributed by atoms with Gasteiger partial charge in [-0.3, -0.25) is 4.79 Å². The number of hydrogen-bond donors (Lipinski definition) is 1. The third kappa shape index (κ3) is 5.66. The third-order valence-corrected chi connectivity index (χ3v) is 4.46. The van der Waals surface area contributed by atoms with Gasteiger partial charge in [0.15, 0.2) is 5.82 Å². The van der Waals surface area contributed by atoms with Gasteiger partial charge in [-0.25, -0.2) is 4.68 Å². The maximum Gasteiger partial charge on any atom is 0.416 e. The van der Waals surface area contributed by atoms with Gasteiger partial charge >= 0.3 is 12.2 Å². The first-order valence-electron chi connectivity index (χ1n) is 10.2. The number of nitrogens with one attached hydrogen (secondary N) is 1. The Morgan fingerprint density at radius 2 is 1.81 bits per heavy atom. The molecule has 0 saturated carbocycles. The zero-order valence-electron chi connectivity index (χ0n) is 18.3. The summed E-state index contributed by atoms with van der Waals surface area (Å²) in [5, 5.41) is 7.17.